The normalized spacial score (nSPS) is 13.1. The van der Waals surface area contributed by atoms with E-state index in [1.54, 1.807) is 18.2 Å². The van der Waals surface area contributed by atoms with Gasteiger partial charge in [0.05, 0.1) is 23.1 Å². The second kappa shape index (κ2) is 4.79. The molecule has 5 heteroatoms. The summed E-state index contributed by atoms with van der Waals surface area (Å²) in [6, 6.07) is 5.17. The quantitative estimate of drug-likeness (QED) is 0.452. The number of thiocarbonyl (C=S) groups is 1. The Morgan fingerprint density at radius 3 is 3.12 bits per heavy atom. The van der Waals surface area contributed by atoms with Gasteiger partial charge in [-0.3, -0.25) is 9.69 Å². The molecule has 0 radical (unpaired) electrons. The van der Waals surface area contributed by atoms with Crippen LogP contribution in [0.4, 0.5) is 11.4 Å². The molecule has 1 aliphatic heterocycles. The lowest BCUT2D eigenvalue weighted by Gasteiger charge is -2.27. The first-order valence-corrected chi connectivity index (χ1v) is 5.25. The van der Waals surface area contributed by atoms with Gasteiger partial charge in [-0.2, -0.15) is 4.99 Å². The first-order chi connectivity index (χ1) is 8.26. The van der Waals surface area contributed by atoms with Gasteiger partial charge in [0.15, 0.2) is 6.61 Å². The third kappa shape index (κ3) is 2.18. The molecule has 84 valence electrons. The zero-order valence-corrected chi connectivity index (χ0v) is 9.66. The second-order valence-corrected chi connectivity index (χ2v) is 3.51. The van der Waals surface area contributed by atoms with Crippen LogP contribution in [-0.4, -0.2) is 24.2 Å². The molecule has 0 fully saturated rings. The minimum absolute atomic E-state index is 0.00442. The molecule has 0 saturated carbocycles. The summed E-state index contributed by atoms with van der Waals surface area (Å²) in [4.78, 5) is 17.0. The van der Waals surface area contributed by atoms with E-state index in [2.05, 4.69) is 28.3 Å². The number of carbonyl (C=O) groups is 1. The van der Waals surface area contributed by atoms with Crippen molar-refractivity contribution in [2.24, 2.45) is 4.99 Å². The van der Waals surface area contributed by atoms with Crippen LogP contribution in [0.2, 0.25) is 0 Å². The van der Waals surface area contributed by atoms with Crippen LogP contribution in [0.15, 0.2) is 23.2 Å². The van der Waals surface area contributed by atoms with E-state index in [4.69, 9.17) is 11.2 Å². The second-order valence-electron chi connectivity index (χ2n) is 3.33. The average molecular weight is 244 g/mol. The fraction of sp³-hybridized carbons (Fsp3) is 0.167. The number of hydrogen-bond donors (Lipinski definition) is 0. The Morgan fingerprint density at radius 2 is 2.41 bits per heavy atom. The summed E-state index contributed by atoms with van der Waals surface area (Å²) >= 11 is 4.53. The Hall–Kier alpha value is -2.15. The van der Waals surface area contributed by atoms with Gasteiger partial charge >= 0.3 is 0 Å². The van der Waals surface area contributed by atoms with E-state index in [0.717, 1.165) is 0 Å². The van der Waals surface area contributed by atoms with Gasteiger partial charge in [0.2, 0.25) is 0 Å². The van der Waals surface area contributed by atoms with Gasteiger partial charge in [-0.05, 0) is 30.4 Å². The maximum Gasteiger partial charge on any atom is 0.265 e. The monoisotopic (exact) mass is 244 g/mol. The molecule has 17 heavy (non-hydrogen) atoms. The van der Waals surface area contributed by atoms with Crippen molar-refractivity contribution in [3.8, 4) is 18.1 Å². The lowest BCUT2D eigenvalue weighted by atomic mass is 10.2. The molecule has 0 aliphatic carbocycles. The summed E-state index contributed by atoms with van der Waals surface area (Å²) in [5, 5.41) is 2.27. The Morgan fingerprint density at radius 1 is 1.59 bits per heavy atom. The van der Waals surface area contributed by atoms with E-state index in [1.807, 2.05) is 0 Å². The molecule has 0 spiro atoms. The molecular weight excluding hydrogens is 236 g/mol. The molecule has 1 aliphatic rings. The summed E-state index contributed by atoms with van der Waals surface area (Å²) in [5.74, 6) is 2.89. The van der Waals surface area contributed by atoms with Crippen LogP contribution < -0.4 is 9.64 Å². The van der Waals surface area contributed by atoms with Crippen molar-refractivity contribution in [2.75, 3.05) is 18.1 Å². The molecule has 1 heterocycles. The van der Waals surface area contributed by atoms with Crippen molar-refractivity contribution >= 4 is 34.7 Å². The van der Waals surface area contributed by atoms with E-state index in [0.29, 0.717) is 17.1 Å². The minimum atomic E-state index is -0.168. The Bertz CT molecular complexity index is 556. The molecule has 0 unspecified atom stereocenters. The van der Waals surface area contributed by atoms with E-state index in [9.17, 15) is 4.79 Å². The number of carbonyl (C=O) groups excluding carboxylic acids is 1. The van der Waals surface area contributed by atoms with Gasteiger partial charge in [0, 0.05) is 0 Å². The number of ether oxygens (including phenoxy) is 1. The fourth-order valence-electron chi connectivity index (χ4n) is 1.58. The maximum atomic E-state index is 11.7. The van der Waals surface area contributed by atoms with E-state index >= 15 is 0 Å². The molecule has 1 aromatic rings. The van der Waals surface area contributed by atoms with Crippen LogP contribution >= 0.6 is 12.2 Å². The number of fused-ring (bicyclic) bond motifs is 1. The largest absolute Gasteiger partial charge is 0.482 e. The standard InChI is InChI=1S/C12H8N2O2S/c1-2-5-14-10-6-9(13-8-17)3-4-11(10)16-7-12(14)15/h1,3-4,6H,5,7H2. The molecule has 0 bridgehead atoms. The van der Waals surface area contributed by atoms with Crippen molar-refractivity contribution < 1.29 is 9.53 Å². The number of terminal acetylenes is 1. The third-order valence-corrected chi connectivity index (χ3v) is 2.40. The van der Waals surface area contributed by atoms with Crippen molar-refractivity contribution in [1.29, 1.82) is 0 Å². The molecule has 0 N–H and O–H groups in total. The first-order valence-electron chi connectivity index (χ1n) is 4.85. The Kier molecular flexibility index (Phi) is 3.20. The lowest BCUT2D eigenvalue weighted by Crippen LogP contribution is -2.38. The molecule has 0 aromatic heterocycles. The average Bonchev–Trinajstić information content (AvgIpc) is 2.33. The van der Waals surface area contributed by atoms with Crippen LogP contribution in [0.1, 0.15) is 0 Å². The van der Waals surface area contributed by atoms with Crippen LogP contribution in [0.25, 0.3) is 0 Å². The molecular formula is C12H8N2O2S. The molecule has 1 amide bonds. The summed E-state index contributed by atoms with van der Waals surface area (Å²) in [7, 11) is 0. The third-order valence-electron chi connectivity index (χ3n) is 2.31. The number of amides is 1. The zero-order valence-electron chi connectivity index (χ0n) is 8.84. The lowest BCUT2D eigenvalue weighted by molar-refractivity contribution is -0.121. The summed E-state index contributed by atoms with van der Waals surface area (Å²) in [6.07, 6.45) is 5.24. The van der Waals surface area contributed by atoms with Gasteiger partial charge in [-0.25, -0.2) is 0 Å². The number of anilines is 1. The number of nitrogens with zero attached hydrogens (tertiary/aromatic N) is 2. The van der Waals surface area contributed by atoms with Crippen LogP contribution in [0, 0.1) is 12.3 Å². The van der Waals surface area contributed by atoms with Crippen LogP contribution in [0.5, 0.6) is 5.75 Å². The molecule has 0 atom stereocenters. The van der Waals surface area contributed by atoms with Gasteiger partial charge in [-0.15, -0.1) is 6.42 Å². The van der Waals surface area contributed by atoms with Crippen LogP contribution in [-0.2, 0) is 4.79 Å². The maximum absolute atomic E-state index is 11.7. The predicted molar refractivity (Wildman–Crippen MR) is 67.8 cm³/mol. The highest BCUT2D eigenvalue weighted by Crippen LogP contribution is 2.35. The highest BCUT2D eigenvalue weighted by atomic mass is 32.1. The minimum Gasteiger partial charge on any atom is -0.482 e. The van der Waals surface area contributed by atoms with Gasteiger partial charge in [-0.1, -0.05) is 5.92 Å². The molecule has 4 nitrogen and oxygen atoms in total. The number of aliphatic imine (C=N–C) groups is 1. The zero-order chi connectivity index (χ0) is 12.3. The van der Waals surface area contributed by atoms with E-state index in [1.165, 1.54) is 4.90 Å². The smallest absolute Gasteiger partial charge is 0.265 e. The van der Waals surface area contributed by atoms with Crippen molar-refractivity contribution in [2.45, 2.75) is 0 Å². The van der Waals surface area contributed by atoms with Crippen LogP contribution in [0.3, 0.4) is 0 Å². The topological polar surface area (TPSA) is 41.9 Å². The highest BCUT2D eigenvalue weighted by Gasteiger charge is 2.24. The first kappa shape index (κ1) is 11.3. The van der Waals surface area contributed by atoms with Gasteiger partial charge in [0.1, 0.15) is 5.75 Å². The summed E-state index contributed by atoms with van der Waals surface area (Å²) in [5.41, 5.74) is 1.23. The highest BCUT2D eigenvalue weighted by molar-refractivity contribution is 7.78. The number of rotatable bonds is 2. The molecule has 2 rings (SSSR count). The van der Waals surface area contributed by atoms with Gasteiger partial charge in [0.25, 0.3) is 5.91 Å². The van der Waals surface area contributed by atoms with Crippen molar-refractivity contribution in [3.05, 3.63) is 18.2 Å². The SMILES string of the molecule is C#CCN1C(=O)COc2ccc(N=C=S)cc21. The Labute approximate surface area is 104 Å². The summed E-state index contributed by atoms with van der Waals surface area (Å²) in [6.45, 7) is 0.213. The Balaban J connectivity index is 2.48. The predicted octanol–water partition coefficient (Wildman–Crippen LogP) is 1.78. The number of hydrogen-bond acceptors (Lipinski definition) is 4. The van der Waals surface area contributed by atoms with E-state index < -0.39 is 0 Å². The van der Waals surface area contributed by atoms with Crippen molar-refractivity contribution in [1.82, 2.24) is 0 Å². The van der Waals surface area contributed by atoms with Gasteiger partial charge < -0.3 is 4.74 Å². The summed E-state index contributed by atoms with van der Waals surface area (Å²) < 4.78 is 5.30. The van der Waals surface area contributed by atoms with E-state index in [-0.39, 0.29) is 19.1 Å². The molecule has 1 aromatic carbocycles. The van der Waals surface area contributed by atoms with Crippen molar-refractivity contribution in [3.63, 3.8) is 0 Å². The number of isothiocyanates is 1. The fourth-order valence-corrected chi connectivity index (χ4v) is 1.68. The molecule has 0 saturated heterocycles. The number of benzene rings is 1.